The lowest BCUT2D eigenvalue weighted by Crippen LogP contribution is -2.38. The summed E-state index contributed by atoms with van der Waals surface area (Å²) in [6.07, 6.45) is 2.23. The highest BCUT2D eigenvalue weighted by molar-refractivity contribution is 7.85. The predicted molar refractivity (Wildman–Crippen MR) is 217 cm³/mol. The summed E-state index contributed by atoms with van der Waals surface area (Å²) in [5.41, 5.74) is 5.82. The van der Waals surface area contributed by atoms with Gasteiger partial charge < -0.3 is 19.8 Å². The number of rotatable bonds is 10. The van der Waals surface area contributed by atoms with Crippen molar-refractivity contribution in [2.24, 2.45) is 14.1 Å². The molecule has 8 rings (SSSR count). The monoisotopic (exact) mass is 818 g/mol. The summed E-state index contributed by atoms with van der Waals surface area (Å²) < 4.78 is 55.9. The fourth-order valence-electron chi connectivity index (χ4n) is 7.42. The molecule has 0 unspecified atom stereocenters. The van der Waals surface area contributed by atoms with E-state index in [1.807, 2.05) is 74.8 Å². The molecule has 16 nitrogen and oxygen atoms in total. The Morgan fingerprint density at radius 1 is 0.509 bits per heavy atom. The van der Waals surface area contributed by atoms with Gasteiger partial charge in [-0.15, -0.1) is 0 Å². The summed E-state index contributed by atoms with van der Waals surface area (Å²) in [7, 11) is -3.38. The molecule has 57 heavy (non-hydrogen) atoms. The molecule has 4 amide bonds. The number of fused-ring (bicyclic) bond motifs is 10. The Morgan fingerprint density at radius 2 is 0.860 bits per heavy atom. The van der Waals surface area contributed by atoms with Gasteiger partial charge in [-0.05, 0) is 55.9 Å². The first-order chi connectivity index (χ1) is 26.9. The lowest BCUT2D eigenvalue weighted by Gasteiger charge is -2.15. The van der Waals surface area contributed by atoms with Gasteiger partial charge in [0.05, 0.1) is 34.8 Å². The molecule has 0 saturated carbocycles. The SMILES string of the molecule is CS(=O)(=O)O.CS(=O)(=O)O.Cn1c2ccccc2c2c3c(ccc21)C(=O)N(CCNCCCNCCN1C(=O)c2ccc4c(c2C1=O)c1ccccc1n4C)C3=O. The van der Waals surface area contributed by atoms with Crippen LogP contribution in [0, 0.1) is 0 Å². The molecule has 4 heterocycles. The zero-order chi connectivity index (χ0) is 41.4. The van der Waals surface area contributed by atoms with E-state index in [-0.39, 0.29) is 36.7 Å². The maximum absolute atomic E-state index is 13.5. The van der Waals surface area contributed by atoms with Gasteiger partial charge in [-0.1, -0.05) is 36.4 Å². The van der Waals surface area contributed by atoms with Crippen LogP contribution in [0.5, 0.6) is 0 Å². The lowest BCUT2D eigenvalue weighted by molar-refractivity contribution is 0.0641. The number of nitrogens with zero attached hydrogens (tertiary/aromatic N) is 4. The van der Waals surface area contributed by atoms with Crippen molar-refractivity contribution in [2.75, 3.05) is 51.8 Å². The summed E-state index contributed by atoms with van der Waals surface area (Å²) in [6, 6.07) is 23.3. The highest BCUT2D eigenvalue weighted by atomic mass is 32.2. The van der Waals surface area contributed by atoms with E-state index in [0.29, 0.717) is 60.9 Å². The number of carbonyl (C=O) groups excluding carboxylic acids is 4. The molecule has 2 aromatic heterocycles. The minimum absolute atomic E-state index is 0.246. The van der Waals surface area contributed by atoms with Gasteiger partial charge in [-0.2, -0.15) is 16.8 Å². The molecular formula is C39H42N6O10S2. The fraction of sp³-hybridized carbons (Fsp3) is 0.282. The van der Waals surface area contributed by atoms with Crippen LogP contribution in [0.15, 0.2) is 72.8 Å². The van der Waals surface area contributed by atoms with Crippen LogP contribution in [0.1, 0.15) is 47.9 Å². The number of benzene rings is 4. The van der Waals surface area contributed by atoms with Crippen LogP contribution in [0.25, 0.3) is 43.6 Å². The van der Waals surface area contributed by atoms with Gasteiger partial charge in [0.25, 0.3) is 43.9 Å². The third kappa shape index (κ3) is 8.46. The number of para-hydroxylation sites is 2. The minimum Gasteiger partial charge on any atom is -0.344 e. The Morgan fingerprint density at radius 3 is 1.23 bits per heavy atom. The van der Waals surface area contributed by atoms with E-state index in [0.717, 1.165) is 50.0 Å². The standard InChI is InChI=1S/C37H34N6O4.2CH4O3S/c1-40-26-10-5-3-8-22(26)30-28(40)14-12-24-32(30)36(46)42(34(24)44)20-18-38-16-7-17-39-19-21-43-35(45)25-13-15-29-31(33(25)37(43)47)23-9-4-6-11-27(23)41(29)2;2*1-5(2,3)4/h3-6,8-15,38-39H,7,16-21H2,1-2H3;2*1H3,(H,2,3,4). The van der Waals surface area contributed by atoms with Gasteiger partial charge in [0.15, 0.2) is 0 Å². The van der Waals surface area contributed by atoms with Gasteiger partial charge in [0.1, 0.15) is 0 Å². The highest BCUT2D eigenvalue weighted by Gasteiger charge is 2.39. The summed E-state index contributed by atoms with van der Waals surface area (Å²) in [6.45, 7) is 2.93. The van der Waals surface area contributed by atoms with Gasteiger partial charge >= 0.3 is 0 Å². The maximum Gasteiger partial charge on any atom is 0.262 e. The quantitative estimate of drug-likeness (QED) is 0.0889. The van der Waals surface area contributed by atoms with Gasteiger partial charge in [0, 0.05) is 83.9 Å². The van der Waals surface area contributed by atoms with Crippen molar-refractivity contribution in [2.45, 2.75) is 6.42 Å². The van der Waals surface area contributed by atoms with Crippen LogP contribution in [0.2, 0.25) is 0 Å². The van der Waals surface area contributed by atoms with Crippen LogP contribution in [0.3, 0.4) is 0 Å². The molecule has 0 saturated heterocycles. The van der Waals surface area contributed by atoms with Crippen molar-refractivity contribution >= 4 is 87.5 Å². The zero-order valence-corrected chi connectivity index (χ0v) is 33.3. The van der Waals surface area contributed by atoms with E-state index >= 15 is 0 Å². The van der Waals surface area contributed by atoms with E-state index in [1.165, 1.54) is 9.80 Å². The molecule has 0 bridgehead atoms. The number of amides is 4. The van der Waals surface area contributed by atoms with Gasteiger partial charge in [0.2, 0.25) is 0 Å². The molecule has 6 aromatic rings. The van der Waals surface area contributed by atoms with E-state index in [2.05, 4.69) is 19.8 Å². The summed E-state index contributed by atoms with van der Waals surface area (Å²) in [5.74, 6) is -0.996. The lowest BCUT2D eigenvalue weighted by atomic mass is 10.0. The van der Waals surface area contributed by atoms with Crippen molar-refractivity contribution in [3.05, 3.63) is 95.1 Å². The average Bonchev–Trinajstić information content (AvgIpc) is 3.78. The molecule has 0 atom stereocenters. The Bertz CT molecular complexity index is 2620. The highest BCUT2D eigenvalue weighted by Crippen LogP contribution is 2.38. The molecule has 2 aliphatic rings. The van der Waals surface area contributed by atoms with Crippen molar-refractivity contribution in [3.63, 3.8) is 0 Å². The maximum atomic E-state index is 13.5. The number of imide groups is 2. The molecule has 18 heteroatoms. The van der Waals surface area contributed by atoms with E-state index in [1.54, 1.807) is 12.1 Å². The number of hydrogen-bond acceptors (Lipinski definition) is 10. The molecule has 0 spiro atoms. The minimum atomic E-state index is -3.67. The fourth-order valence-corrected chi connectivity index (χ4v) is 7.42. The number of aryl methyl sites for hydroxylation is 2. The molecular weight excluding hydrogens is 777 g/mol. The van der Waals surface area contributed by atoms with Crippen LogP contribution in [0.4, 0.5) is 0 Å². The van der Waals surface area contributed by atoms with Crippen molar-refractivity contribution in [1.82, 2.24) is 29.6 Å². The second-order valence-electron chi connectivity index (χ2n) is 13.8. The Kier molecular flexibility index (Phi) is 11.7. The third-order valence-electron chi connectivity index (χ3n) is 9.76. The smallest absolute Gasteiger partial charge is 0.262 e. The normalized spacial score (nSPS) is 14.1. The Balaban J connectivity index is 0.000000492. The number of aromatic nitrogens is 2. The summed E-state index contributed by atoms with van der Waals surface area (Å²) in [5, 5.41) is 10.3. The van der Waals surface area contributed by atoms with E-state index in [9.17, 15) is 36.0 Å². The molecule has 0 radical (unpaired) electrons. The second kappa shape index (κ2) is 16.2. The van der Waals surface area contributed by atoms with Crippen LogP contribution < -0.4 is 10.6 Å². The van der Waals surface area contributed by atoms with Crippen molar-refractivity contribution < 1.29 is 45.1 Å². The number of hydrogen-bond donors (Lipinski definition) is 4. The van der Waals surface area contributed by atoms with Gasteiger partial charge in [-0.3, -0.25) is 38.1 Å². The second-order valence-corrected chi connectivity index (χ2v) is 16.7. The molecule has 4 N–H and O–H groups in total. The van der Waals surface area contributed by atoms with Crippen molar-refractivity contribution in [3.8, 4) is 0 Å². The van der Waals surface area contributed by atoms with E-state index < -0.39 is 20.2 Å². The molecule has 2 aliphatic heterocycles. The first-order valence-corrected chi connectivity index (χ1v) is 21.6. The summed E-state index contributed by atoms with van der Waals surface area (Å²) >= 11 is 0. The topological polar surface area (TPSA) is 217 Å². The molecule has 0 fully saturated rings. The number of carbonyl (C=O) groups is 4. The average molecular weight is 819 g/mol. The molecule has 300 valence electrons. The Hall–Kier alpha value is -5.50. The predicted octanol–water partition coefficient (Wildman–Crippen LogP) is 3.45. The number of nitrogens with one attached hydrogen (secondary N) is 2. The third-order valence-corrected chi connectivity index (χ3v) is 9.76. The first kappa shape index (κ1) is 41.1. The molecule has 4 aromatic carbocycles. The van der Waals surface area contributed by atoms with Crippen LogP contribution in [-0.4, -0.2) is 120 Å². The summed E-state index contributed by atoms with van der Waals surface area (Å²) in [4.78, 5) is 56.0. The van der Waals surface area contributed by atoms with Crippen LogP contribution >= 0.6 is 0 Å². The zero-order valence-electron chi connectivity index (χ0n) is 31.6. The van der Waals surface area contributed by atoms with Crippen molar-refractivity contribution in [1.29, 1.82) is 0 Å². The van der Waals surface area contributed by atoms with E-state index in [4.69, 9.17) is 9.11 Å². The Labute approximate surface area is 328 Å². The van der Waals surface area contributed by atoms with Gasteiger partial charge in [-0.25, -0.2) is 0 Å². The van der Waals surface area contributed by atoms with Crippen LogP contribution in [-0.2, 0) is 34.3 Å². The molecule has 0 aliphatic carbocycles. The first-order valence-electron chi connectivity index (χ1n) is 17.9. The largest absolute Gasteiger partial charge is 0.344 e.